The van der Waals surface area contributed by atoms with Crippen molar-refractivity contribution in [3.63, 3.8) is 0 Å². The van der Waals surface area contributed by atoms with Crippen molar-refractivity contribution in [3.8, 4) is 22.5 Å². The second kappa shape index (κ2) is 8.21. The van der Waals surface area contributed by atoms with Gasteiger partial charge in [-0.3, -0.25) is 19.9 Å². The van der Waals surface area contributed by atoms with Crippen LogP contribution in [0.3, 0.4) is 0 Å². The molecule has 6 nitrogen and oxygen atoms in total. The van der Waals surface area contributed by atoms with E-state index in [9.17, 15) is 0 Å². The van der Waals surface area contributed by atoms with E-state index in [2.05, 4.69) is 95.8 Å². The smallest absolute Gasteiger partial charge is 0.0572 e. The van der Waals surface area contributed by atoms with Crippen LogP contribution in [0.5, 0.6) is 0 Å². The molecule has 6 heteroatoms. The van der Waals surface area contributed by atoms with E-state index >= 15 is 0 Å². The van der Waals surface area contributed by atoms with Gasteiger partial charge in [-0.2, -0.15) is 0 Å². The maximum Gasteiger partial charge on any atom is 0.0572 e. The van der Waals surface area contributed by atoms with E-state index in [1.54, 1.807) is 0 Å². The van der Waals surface area contributed by atoms with E-state index in [1.165, 1.54) is 27.9 Å². The van der Waals surface area contributed by atoms with Gasteiger partial charge in [0.15, 0.2) is 0 Å². The minimum atomic E-state index is 0.820. The number of hydrogen-bond acceptors (Lipinski definition) is 4. The van der Waals surface area contributed by atoms with Crippen molar-refractivity contribution < 1.29 is 0 Å². The number of rotatable bonds is 3. The van der Waals surface area contributed by atoms with Gasteiger partial charge in [0.1, 0.15) is 0 Å². The molecule has 7 aromatic rings. The van der Waals surface area contributed by atoms with Gasteiger partial charge in [0.2, 0.25) is 0 Å². The number of hydrogen-bond donors (Lipinski definition) is 0. The minimum absolute atomic E-state index is 0.820. The van der Waals surface area contributed by atoms with Crippen LogP contribution >= 0.6 is 0 Å². The monoisotopic (exact) mass is 490 g/mol. The van der Waals surface area contributed by atoms with Crippen molar-refractivity contribution in [1.29, 1.82) is 0 Å². The third-order valence-electron chi connectivity index (χ3n) is 7.56. The zero-order valence-corrected chi connectivity index (χ0v) is 20.5. The highest BCUT2D eigenvalue weighted by Gasteiger charge is 2.19. The lowest BCUT2D eigenvalue weighted by atomic mass is 10.0. The van der Waals surface area contributed by atoms with Crippen molar-refractivity contribution in [3.05, 3.63) is 115 Å². The van der Waals surface area contributed by atoms with Crippen LogP contribution in [0.4, 0.5) is 0 Å². The average molecular weight is 491 g/mol. The fourth-order valence-corrected chi connectivity index (χ4v) is 5.82. The molecule has 0 fully saturated rings. The van der Waals surface area contributed by atoms with Crippen molar-refractivity contribution in [2.75, 3.05) is 6.54 Å². The summed E-state index contributed by atoms with van der Waals surface area (Å²) in [5.74, 6) is 0. The van der Waals surface area contributed by atoms with Crippen LogP contribution in [-0.4, -0.2) is 36.8 Å². The quantitative estimate of drug-likeness (QED) is 0.282. The number of pyridine rings is 3. The van der Waals surface area contributed by atoms with Gasteiger partial charge in [0, 0.05) is 95.2 Å². The molecule has 0 radical (unpaired) electrons. The van der Waals surface area contributed by atoms with Crippen LogP contribution in [0, 0.1) is 0 Å². The Hall–Kier alpha value is -5.10. The van der Waals surface area contributed by atoms with Gasteiger partial charge in [-0.1, -0.05) is 24.3 Å². The predicted molar refractivity (Wildman–Crippen MR) is 153 cm³/mol. The lowest BCUT2D eigenvalue weighted by Gasteiger charge is -2.14. The second-order valence-electron chi connectivity index (χ2n) is 9.59. The molecule has 0 saturated heterocycles. The molecule has 0 saturated carbocycles. The molecule has 0 bridgehead atoms. The summed E-state index contributed by atoms with van der Waals surface area (Å²) in [5, 5.41) is 3.37. The van der Waals surface area contributed by atoms with Crippen molar-refractivity contribution in [2.45, 2.75) is 6.42 Å². The zero-order valence-electron chi connectivity index (χ0n) is 20.5. The number of aliphatic imine (C=N–C) groups is 1. The second-order valence-corrected chi connectivity index (χ2v) is 9.59. The van der Waals surface area contributed by atoms with E-state index in [1.807, 2.05) is 43.4 Å². The maximum absolute atomic E-state index is 4.51. The fraction of sp³-hybridized carbons (Fsp3) is 0.0625. The lowest BCUT2D eigenvalue weighted by Crippen LogP contribution is -2.07. The van der Waals surface area contributed by atoms with Crippen LogP contribution in [0.1, 0.15) is 11.3 Å². The summed E-state index contributed by atoms with van der Waals surface area (Å²) in [5.41, 5.74) is 10.6. The molecular formula is C32H22N6. The molecule has 6 heterocycles. The Morgan fingerprint density at radius 3 is 1.61 bits per heavy atom. The molecule has 0 N–H and O–H groups in total. The Kier molecular flexibility index (Phi) is 4.54. The molecule has 38 heavy (non-hydrogen) atoms. The van der Waals surface area contributed by atoms with Gasteiger partial charge in [-0.25, -0.2) is 0 Å². The van der Waals surface area contributed by atoms with Crippen LogP contribution in [0.15, 0.2) is 109 Å². The van der Waals surface area contributed by atoms with Gasteiger partial charge in [-0.05, 0) is 53.6 Å². The maximum atomic E-state index is 4.51. The molecule has 1 aliphatic heterocycles. The standard InChI is InChI=1S/C32H22N6/c1-5-23(37-29-9-13-33-17-25(29)26-18-34-14-10-30(26)37)6-2-21(1)22-3-7-24(8-4-22)38-31-11-15-35-19-27(31)28-20-36-16-12-32(28)38/h1-11,13-15,17-20H,12,16H2. The molecule has 0 aliphatic carbocycles. The topological polar surface area (TPSA) is 60.9 Å². The Balaban J connectivity index is 1.18. The van der Waals surface area contributed by atoms with Gasteiger partial charge < -0.3 is 9.13 Å². The first kappa shape index (κ1) is 21.0. The van der Waals surface area contributed by atoms with Gasteiger partial charge >= 0.3 is 0 Å². The molecule has 1 aliphatic rings. The van der Waals surface area contributed by atoms with Crippen molar-refractivity contribution in [2.24, 2.45) is 4.99 Å². The highest BCUT2D eigenvalue weighted by molar-refractivity contribution is 6.08. The Bertz CT molecular complexity index is 1960. The predicted octanol–water partition coefficient (Wildman–Crippen LogP) is 6.55. The van der Waals surface area contributed by atoms with E-state index < -0.39 is 0 Å². The summed E-state index contributed by atoms with van der Waals surface area (Å²) in [4.78, 5) is 17.5. The number of fused-ring (bicyclic) bond motifs is 6. The van der Waals surface area contributed by atoms with Gasteiger partial charge in [0.05, 0.1) is 16.6 Å². The minimum Gasteiger partial charge on any atom is -0.313 e. The van der Waals surface area contributed by atoms with E-state index in [4.69, 9.17) is 0 Å². The van der Waals surface area contributed by atoms with Crippen LogP contribution < -0.4 is 0 Å². The molecule has 180 valence electrons. The first-order valence-corrected chi connectivity index (χ1v) is 12.7. The summed E-state index contributed by atoms with van der Waals surface area (Å²) in [6, 6.07) is 23.8. The molecule has 2 aromatic carbocycles. The van der Waals surface area contributed by atoms with Gasteiger partial charge in [0.25, 0.3) is 0 Å². The van der Waals surface area contributed by atoms with E-state index in [0.717, 1.165) is 51.5 Å². The lowest BCUT2D eigenvalue weighted by molar-refractivity contribution is 0.875. The molecule has 5 aromatic heterocycles. The number of benzene rings is 2. The van der Waals surface area contributed by atoms with Crippen LogP contribution in [-0.2, 0) is 6.42 Å². The molecule has 0 atom stereocenters. The third-order valence-corrected chi connectivity index (χ3v) is 7.56. The van der Waals surface area contributed by atoms with Crippen molar-refractivity contribution >= 4 is 38.9 Å². The van der Waals surface area contributed by atoms with E-state index in [-0.39, 0.29) is 0 Å². The normalized spacial score (nSPS) is 12.9. The fourth-order valence-electron chi connectivity index (χ4n) is 5.82. The Morgan fingerprint density at radius 1 is 0.526 bits per heavy atom. The van der Waals surface area contributed by atoms with Crippen molar-refractivity contribution in [1.82, 2.24) is 24.1 Å². The third kappa shape index (κ3) is 3.07. The summed E-state index contributed by atoms with van der Waals surface area (Å²) < 4.78 is 4.63. The van der Waals surface area contributed by atoms with Gasteiger partial charge in [-0.15, -0.1) is 0 Å². The number of aromatic nitrogens is 5. The van der Waals surface area contributed by atoms with E-state index in [0.29, 0.717) is 0 Å². The summed E-state index contributed by atoms with van der Waals surface area (Å²) >= 11 is 0. The van der Waals surface area contributed by atoms with Crippen LogP contribution in [0.2, 0.25) is 0 Å². The summed E-state index contributed by atoms with van der Waals surface area (Å²) in [6.45, 7) is 0.820. The average Bonchev–Trinajstić information content (AvgIpc) is 3.51. The molecular weight excluding hydrogens is 468 g/mol. The largest absolute Gasteiger partial charge is 0.313 e. The molecule has 0 amide bonds. The highest BCUT2D eigenvalue weighted by atomic mass is 15.0. The first-order valence-electron chi connectivity index (χ1n) is 12.7. The summed E-state index contributed by atoms with van der Waals surface area (Å²) in [6.07, 6.45) is 14.3. The molecule has 8 rings (SSSR count). The summed E-state index contributed by atoms with van der Waals surface area (Å²) in [7, 11) is 0. The zero-order chi connectivity index (χ0) is 25.1. The Labute approximate surface area is 218 Å². The SMILES string of the molecule is C1=NCCc2c1c1cnccc1n2-c1ccc(-c2ccc(-n3c4ccncc4c4cnccc43)cc2)cc1. The highest BCUT2D eigenvalue weighted by Crippen LogP contribution is 2.33. The number of nitrogens with zero attached hydrogens (tertiary/aromatic N) is 6. The molecule has 0 unspecified atom stereocenters. The first-order chi connectivity index (χ1) is 18.9. The van der Waals surface area contributed by atoms with Crippen LogP contribution in [0.25, 0.3) is 55.2 Å². The molecule has 0 spiro atoms. The Morgan fingerprint density at radius 2 is 1.03 bits per heavy atom.